The third-order valence-corrected chi connectivity index (χ3v) is 6.82. The van der Waals surface area contributed by atoms with Gasteiger partial charge in [-0.2, -0.15) is 0 Å². The zero-order chi connectivity index (χ0) is 8.91. The lowest BCUT2D eigenvalue weighted by Crippen LogP contribution is -2.30. The number of hydrogen-bond donors (Lipinski definition) is 0. The Morgan fingerprint density at radius 3 is 2.18 bits per heavy atom. The van der Waals surface area contributed by atoms with Gasteiger partial charge < -0.3 is 0 Å². The highest BCUT2D eigenvalue weighted by Crippen LogP contribution is 2.04. The Balaban J connectivity index is 3.53. The van der Waals surface area contributed by atoms with Crippen LogP contribution in [-0.2, 0) is 10.8 Å². The van der Waals surface area contributed by atoms with Gasteiger partial charge in [-0.1, -0.05) is 33.0 Å². The Labute approximate surface area is 74.0 Å². The van der Waals surface area contributed by atoms with Crippen LogP contribution in [0.3, 0.4) is 0 Å². The Hall–Kier alpha value is 0.367. The van der Waals surface area contributed by atoms with Crippen LogP contribution in [0.1, 0.15) is 19.8 Å². The van der Waals surface area contributed by atoms with Crippen LogP contribution < -0.4 is 0 Å². The Bertz CT molecular complexity index is 129. The van der Waals surface area contributed by atoms with Crippen molar-refractivity contribution in [3.05, 3.63) is 0 Å². The maximum absolute atomic E-state index is 11.4. The summed E-state index contributed by atoms with van der Waals surface area (Å²) in [6, 6.07) is 0. The lowest BCUT2D eigenvalue weighted by atomic mass is 10.4. The molecule has 0 aromatic carbocycles. The van der Waals surface area contributed by atoms with Crippen molar-refractivity contribution >= 4 is 18.9 Å². The second-order valence-electron chi connectivity index (χ2n) is 4.20. The molecule has 0 N–H and O–H groups in total. The predicted molar refractivity (Wildman–Crippen MR) is 56.1 cm³/mol. The summed E-state index contributed by atoms with van der Waals surface area (Å²) in [5.41, 5.74) is 0. The minimum Gasteiger partial charge on any atom is -0.260 e. The van der Waals surface area contributed by atoms with Crippen LogP contribution in [0.2, 0.25) is 19.6 Å². The van der Waals surface area contributed by atoms with Gasteiger partial charge in [0.05, 0.1) is 8.07 Å². The van der Waals surface area contributed by atoms with Gasteiger partial charge in [0.25, 0.3) is 0 Å². The van der Waals surface area contributed by atoms with Crippen LogP contribution >= 0.6 is 0 Å². The number of hydrogen-bond acceptors (Lipinski definition) is 1. The molecule has 0 aliphatic carbocycles. The van der Waals surface area contributed by atoms with E-state index < -0.39 is 18.9 Å². The molecule has 0 bridgehead atoms. The highest BCUT2D eigenvalue weighted by atomic mass is 32.2. The van der Waals surface area contributed by atoms with Crippen molar-refractivity contribution in [2.24, 2.45) is 0 Å². The van der Waals surface area contributed by atoms with Crippen LogP contribution in [0.15, 0.2) is 0 Å². The lowest BCUT2D eigenvalue weighted by Gasteiger charge is -2.14. The van der Waals surface area contributed by atoms with Gasteiger partial charge >= 0.3 is 0 Å². The van der Waals surface area contributed by atoms with Crippen LogP contribution in [-0.4, -0.2) is 23.4 Å². The summed E-state index contributed by atoms with van der Waals surface area (Å²) in [6.45, 7) is 8.97. The molecule has 11 heavy (non-hydrogen) atoms. The first-order valence-electron chi connectivity index (χ1n) is 4.30. The molecule has 1 atom stereocenters. The second-order valence-corrected chi connectivity index (χ2v) is 11.8. The number of unbranched alkanes of at least 4 members (excludes halogenated alkanes) is 1. The molecular weight excluding hydrogens is 172 g/mol. The van der Waals surface area contributed by atoms with E-state index in [0.29, 0.717) is 0 Å². The van der Waals surface area contributed by atoms with Gasteiger partial charge in [-0.25, -0.2) is 0 Å². The Morgan fingerprint density at radius 2 is 1.82 bits per heavy atom. The largest absolute Gasteiger partial charge is 0.260 e. The van der Waals surface area contributed by atoms with Gasteiger partial charge in [0.2, 0.25) is 0 Å². The monoisotopic (exact) mass is 192 g/mol. The molecule has 0 saturated heterocycles. The summed E-state index contributed by atoms with van der Waals surface area (Å²) < 4.78 is 11.4. The number of rotatable bonds is 5. The van der Waals surface area contributed by atoms with Gasteiger partial charge in [0.15, 0.2) is 0 Å². The Morgan fingerprint density at radius 1 is 1.27 bits per heavy atom. The normalized spacial score (nSPS) is 14.9. The first-order chi connectivity index (χ1) is 4.95. The summed E-state index contributed by atoms with van der Waals surface area (Å²) in [6.07, 6.45) is 2.29. The first-order valence-corrected chi connectivity index (χ1v) is 9.50. The van der Waals surface area contributed by atoms with Crippen molar-refractivity contribution in [3.8, 4) is 0 Å². The summed E-state index contributed by atoms with van der Waals surface area (Å²) in [7, 11) is -1.60. The molecule has 0 rings (SSSR count). The molecule has 0 radical (unpaired) electrons. The predicted octanol–water partition coefficient (Wildman–Crippen LogP) is 2.41. The molecule has 68 valence electrons. The van der Waals surface area contributed by atoms with E-state index in [-0.39, 0.29) is 0 Å². The lowest BCUT2D eigenvalue weighted by molar-refractivity contribution is 0.682. The third-order valence-electron chi connectivity index (χ3n) is 1.32. The van der Waals surface area contributed by atoms with Crippen LogP contribution in [0, 0.1) is 0 Å². The maximum Gasteiger partial charge on any atom is 0.0581 e. The summed E-state index contributed by atoms with van der Waals surface area (Å²) >= 11 is 0. The summed E-state index contributed by atoms with van der Waals surface area (Å²) in [5, 5.41) is 0.979. The minimum absolute atomic E-state index is 0.528. The second kappa shape index (κ2) is 5.09. The molecule has 1 unspecified atom stereocenters. The molecule has 0 spiro atoms. The quantitative estimate of drug-likeness (QED) is 0.611. The molecule has 0 aliphatic heterocycles. The third kappa shape index (κ3) is 8.27. The first kappa shape index (κ1) is 11.4. The van der Waals surface area contributed by atoms with Gasteiger partial charge in [-0.05, 0) is 6.42 Å². The summed E-state index contributed by atoms with van der Waals surface area (Å²) in [5.74, 6) is 0.917. The zero-order valence-corrected chi connectivity index (χ0v) is 9.96. The fourth-order valence-electron chi connectivity index (χ4n) is 0.860. The van der Waals surface area contributed by atoms with E-state index in [4.69, 9.17) is 0 Å². The van der Waals surface area contributed by atoms with Crippen molar-refractivity contribution < 1.29 is 4.21 Å². The van der Waals surface area contributed by atoms with E-state index in [0.717, 1.165) is 24.0 Å². The van der Waals surface area contributed by atoms with E-state index in [1.807, 2.05) is 0 Å². The van der Waals surface area contributed by atoms with Crippen molar-refractivity contribution in [2.45, 2.75) is 39.4 Å². The van der Waals surface area contributed by atoms with Crippen molar-refractivity contribution in [2.75, 3.05) is 11.1 Å². The molecule has 3 heteroatoms. The van der Waals surface area contributed by atoms with Crippen LogP contribution in [0.5, 0.6) is 0 Å². The summed E-state index contributed by atoms with van der Waals surface area (Å²) in [4.78, 5) is 0. The standard InChI is InChI=1S/C8H20OSSi/c1-5-6-7-10(9)8-11(2,3)4/h5-8H2,1-4H3. The average Bonchev–Trinajstić information content (AvgIpc) is 1.79. The average molecular weight is 192 g/mol. The Kier molecular flexibility index (Phi) is 5.26. The highest BCUT2D eigenvalue weighted by molar-refractivity contribution is 7.86. The van der Waals surface area contributed by atoms with Gasteiger partial charge in [-0.15, -0.1) is 0 Å². The molecule has 0 aromatic rings. The molecule has 0 heterocycles. The fraction of sp³-hybridized carbons (Fsp3) is 1.00. The van der Waals surface area contributed by atoms with Crippen molar-refractivity contribution in [1.82, 2.24) is 0 Å². The van der Waals surface area contributed by atoms with E-state index >= 15 is 0 Å². The SMILES string of the molecule is CCCCS(=O)C[Si](C)(C)C. The van der Waals surface area contributed by atoms with Gasteiger partial charge in [-0.3, -0.25) is 4.21 Å². The van der Waals surface area contributed by atoms with Crippen LogP contribution in [0.25, 0.3) is 0 Å². The smallest absolute Gasteiger partial charge is 0.0581 e. The van der Waals surface area contributed by atoms with E-state index in [1.165, 1.54) is 0 Å². The molecular formula is C8H20OSSi. The van der Waals surface area contributed by atoms with Gasteiger partial charge in [0.1, 0.15) is 0 Å². The van der Waals surface area contributed by atoms with E-state index in [1.54, 1.807) is 0 Å². The van der Waals surface area contributed by atoms with Crippen molar-refractivity contribution in [1.29, 1.82) is 0 Å². The molecule has 0 aromatic heterocycles. The van der Waals surface area contributed by atoms with Crippen LogP contribution in [0.4, 0.5) is 0 Å². The molecule has 0 aliphatic rings. The van der Waals surface area contributed by atoms with E-state index in [2.05, 4.69) is 26.6 Å². The topological polar surface area (TPSA) is 17.1 Å². The molecule has 0 fully saturated rings. The zero-order valence-electron chi connectivity index (χ0n) is 8.14. The highest BCUT2D eigenvalue weighted by Gasteiger charge is 2.16. The fourth-order valence-corrected chi connectivity index (χ4v) is 5.91. The van der Waals surface area contributed by atoms with E-state index in [9.17, 15) is 4.21 Å². The molecule has 0 amide bonds. The molecule has 0 saturated carbocycles. The minimum atomic E-state index is -1.07. The molecule has 1 nitrogen and oxygen atoms in total. The maximum atomic E-state index is 11.4. The van der Waals surface area contributed by atoms with Crippen molar-refractivity contribution in [3.63, 3.8) is 0 Å². The van der Waals surface area contributed by atoms with Gasteiger partial charge in [0, 0.05) is 21.9 Å².